The minimum Gasteiger partial charge on any atom is -0.394 e. The average Bonchev–Trinajstić information content (AvgIpc) is 2.48. The van der Waals surface area contributed by atoms with Crippen LogP contribution < -0.4 is 10.9 Å². The molecule has 1 unspecified atom stereocenters. The Kier molecular flexibility index (Phi) is 6.64. The highest BCUT2D eigenvalue weighted by atomic mass is 35.5. The summed E-state index contributed by atoms with van der Waals surface area (Å²) in [6, 6.07) is -0.516. The van der Waals surface area contributed by atoms with Crippen LogP contribution in [-0.4, -0.2) is 51.4 Å². The number of likely N-dealkylation sites (N-methyl/N-ethyl adjacent to an activating group) is 1. The summed E-state index contributed by atoms with van der Waals surface area (Å²) in [5.74, 6) is -0.0735. The van der Waals surface area contributed by atoms with Gasteiger partial charge in [0.25, 0.3) is 5.56 Å². The van der Waals surface area contributed by atoms with E-state index in [4.69, 9.17) is 16.7 Å². The molecule has 1 atom stereocenters. The third-order valence-corrected chi connectivity index (χ3v) is 3.48. The second-order valence-electron chi connectivity index (χ2n) is 4.50. The van der Waals surface area contributed by atoms with Gasteiger partial charge in [-0.1, -0.05) is 11.6 Å². The number of nitrogens with one attached hydrogen (secondary N) is 1. The molecule has 1 aromatic rings. The van der Waals surface area contributed by atoms with E-state index in [1.165, 1.54) is 6.20 Å². The van der Waals surface area contributed by atoms with Crippen molar-refractivity contribution in [2.45, 2.75) is 33.4 Å². The second kappa shape index (κ2) is 7.99. The highest BCUT2D eigenvalue weighted by molar-refractivity contribution is 6.33. The van der Waals surface area contributed by atoms with Crippen LogP contribution in [0, 0.1) is 0 Å². The lowest BCUT2D eigenvalue weighted by atomic mass is 10.2. The Hall–Kier alpha value is -1.60. The van der Waals surface area contributed by atoms with Crippen molar-refractivity contribution < 1.29 is 9.90 Å². The Morgan fingerprint density at radius 2 is 2.14 bits per heavy atom. The zero-order valence-corrected chi connectivity index (χ0v) is 13.2. The van der Waals surface area contributed by atoms with Crippen molar-refractivity contribution in [2.24, 2.45) is 0 Å². The first-order valence-corrected chi connectivity index (χ1v) is 7.25. The number of anilines is 1. The number of amides is 1. The van der Waals surface area contributed by atoms with Crippen LogP contribution in [0.15, 0.2) is 11.0 Å². The second-order valence-corrected chi connectivity index (χ2v) is 4.88. The minimum atomic E-state index is -0.516. The van der Waals surface area contributed by atoms with Crippen molar-refractivity contribution in [1.29, 1.82) is 0 Å². The fraction of sp³-hybridized carbons (Fsp3) is 0.615. The van der Waals surface area contributed by atoms with Gasteiger partial charge in [-0.05, 0) is 20.8 Å². The maximum atomic E-state index is 12.2. The molecule has 8 heteroatoms. The molecule has 0 aromatic carbocycles. The predicted octanol–water partition coefficient (Wildman–Crippen LogP) is 0.558. The Bertz CT molecular complexity index is 543. The van der Waals surface area contributed by atoms with Crippen LogP contribution in [0.5, 0.6) is 0 Å². The van der Waals surface area contributed by atoms with Crippen LogP contribution in [0.4, 0.5) is 5.69 Å². The van der Waals surface area contributed by atoms with Gasteiger partial charge in [-0.3, -0.25) is 9.59 Å². The van der Waals surface area contributed by atoms with Crippen LogP contribution in [0.1, 0.15) is 20.8 Å². The van der Waals surface area contributed by atoms with E-state index < -0.39 is 11.6 Å². The van der Waals surface area contributed by atoms with Crippen molar-refractivity contribution in [3.8, 4) is 0 Å². The Balaban J connectivity index is 2.91. The molecule has 1 amide bonds. The first kappa shape index (κ1) is 17.5. The third kappa shape index (κ3) is 4.18. The van der Waals surface area contributed by atoms with Gasteiger partial charge >= 0.3 is 0 Å². The molecule has 0 aliphatic carbocycles. The molecule has 0 bridgehead atoms. The van der Waals surface area contributed by atoms with E-state index in [0.717, 1.165) is 4.68 Å². The number of carbonyl (C=O) groups is 1. The van der Waals surface area contributed by atoms with Gasteiger partial charge in [0, 0.05) is 13.1 Å². The molecular weight excluding hydrogens is 296 g/mol. The zero-order chi connectivity index (χ0) is 16.0. The minimum absolute atomic E-state index is 0.0438. The van der Waals surface area contributed by atoms with Gasteiger partial charge < -0.3 is 15.3 Å². The van der Waals surface area contributed by atoms with Gasteiger partial charge in [-0.2, -0.15) is 5.10 Å². The monoisotopic (exact) mass is 316 g/mol. The third-order valence-electron chi connectivity index (χ3n) is 3.11. The first-order valence-electron chi connectivity index (χ1n) is 6.88. The van der Waals surface area contributed by atoms with Gasteiger partial charge in [0.15, 0.2) is 0 Å². The van der Waals surface area contributed by atoms with E-state index in [-0.39, 0.29) is 24.1 Å². The maximum absolute atomic E-state index is 12.2. The normalized spacial score (nSPS) is 12.0. The van der Waals surface area contributed by atoms with Crippen LogP contribution in [-0.2, 0) is 11.3 Å². The average molecular weight is 317 g/mol. The van der Waals surface area contributed by atoms with Gasteiger partial charge in [-0.25, -0.2) is 4.68 Å². The lowest BCUT2D eigenvalue weighted by Gasteiger charge is -2.24. The Labute approximate surface area is 128 Å². The molecule has 0 aliphatic rings. The molecule has 1 aromatic heterocycles. The number of rotatable bonds is 7. The maximum Gasteiger partial charge on any atom is 0.287 e. The topological polar surface area (TPSA) is 87.5 Å². The first-order chi connectivity index (χ1) is 9.96. The number of aromatic nitrogens is 2. The number of nitrogens with zero attached hydrogens (tertiary/aromatic N) is 3. The van der Waals surface area contributed by atoms with E-state index in [0.29, 0.717) is 18.8 Å². The van der Waals surface area contributed by atoms with E-state index in [1.807, 2.05) is 13.8 Å². The van der Waals surface area contributed by atoms with Crippen LogP contribution >= 0.6 is 11.6 Å². The summed E-state index contributed by atoms with van der Waals surface area (Å²) in [5, 5.41) is 15.6. The van der Waals surface area contributed by atoms with E-state index in [9.17, 15) is 9.59 Å². The van der Waals surface area contributed by atoms with Gasteiger partial charge in [0.1, 0.15) is 11.1 Å². The molecule has 1 heterocycles. The standard InChI is InChI=1S/C13H21ClN4O3/c1-4-17(5-2)12(20)9(3)16-10-8-15-18(6-7-19)13(21)11(10)14/h8-9,16,19H,4-7H2,1-3H3. The summed E-state index contributed by atoms with van der Waals surface area (Å²) in [6.07, 6.45) is 1.38. The number of halogens is 1. The van der Waals surface area contributed by atoms with Crippen molar-refractivity contribution >= 4 is 23.2 Å². The molecule has 0 fully saturated rings. The van der Waals surface area contributed by atoms with Gasteiger partial charge in [-0.15, -0.1) is 0 Å². The highest BCUT2D eigenvalue weighted by Crippen LogP contribution is 2.16. The molecule has 0 aliphatic heterocycles. The SMILES string of the molecule is CCN(CC)C(=O)C(C)Nc1cnn(CCO)c(=O)c1Cl. The quantitative estimate of drug-likeness (QED) is 0.767. The lowest BCUT2D eigenvalue weighted by molar-refractivity contribution is -0.131. The van der Waals surface area contributed by atoms with Gasteiger partial charge in [0.05, 0.1) is 25.0 Å². The Morgan fingerprint density at radius 3 is 2.67 bits per heavy atom. The summed E-state index contributed by atoms with van der Waals surface area (Å²) in [6.45, 7) is 6.62. The van der Waals surface area contributed by atoms with E-state index >= 15 is 0 Å². The number of carbonyl (C=O) groups excluding carboxylic acids is 1. The molecule has 118 valence electrons. The fourth-order valence-corrected chi connectivity index (χ4v) is 2.12. The van der Waals surface area contributed by atoms with Crippen molar-refractivity contribution in [3.05, 3.63) is 21.6 Å². The number of aliphatic hydroxyl groups is 1. The Morgan fingerprint density at radius 1 is 1.52 bits per heavy atom. The van der Waals surface area contributed by atoms with Gasteiger partial charge in [0.2, 0.25) is 5.91 Å². The van der Waals surface area contributed by atoms with Crippen molar-refractivity contribution in [3.63, 3.8) is 0 Å². The number of hydrogen-bond donors (Lipinski definition) is 2. The van der Waals surface area contributed by atoms with E-state index in [1.54, 1.807) is 11.8 Å². The van der Waals surface area contributed by atoms with Crippen LogP contribution in [0.25, 0.3) is 0 Å². The van der Waals surface area contributed by atoms with Crippen molar-refractivity contribution in [1.82, 2.24) is 14.7 Å². The molecule has 1 rings (SSSR count). The summed E-state index contributed by atoms with van der Waals surface area (Å²) in [4.78, 5) is 25.7. The fourth-order valence-electron chi connectivity index (χ4n) is 1.92. The highest BCUT2D eigenvalue weighted by Gasteiger charge is 2.20. The molecule has 0 spiro atoms. The largest absolute Gasteiger partial charge is 0.394 e. The molecule has 0 saturated carbocycles. The number of hydrogen-bond acceptors (Lipinski definition) is 5. The number of aliphatic hydroxyl groups excluding tert-OH is 1. The van der Waals surface area contributed by atoms with Crippen molar-refractivity contribution in [2.75, 3.05) is 25.0 Å². The van der Waals surface area contributed by atoms with Crippen LogP contribution in [0.2, 0.25) is 5.02 Å². The van der Waals surface area contributed by atoms with E-state index in [2.05, 4.69) is 10.4 Å². The predicted molar refractivity (Wildman–Crippen MR) is 81.6 cm³/mol. The molecule has 0 radical (unpaired) electrons. The summed E-state index contributed by atoms with van der Waals surface area (Å²) in [7, 11) is 0. The summed E-state index contributed by atoms with van der Waals surface area (Å²) < 4.78 is 1.07. The lowest BCUT2D eigenvalue weighted by Crippen LogP contribution is -2.41. The smallest absolute Gasteiger partial charge is 0.287 e. The molecular formula is C13H21ClN4O3. The zero-order valence-electron chi connectivity index (χ0n) is 12.5. The summed E-state index contributed by atoms with van der Waals surface area (Å²) >= 11 is 5.99. The molecule has 7 nitrogen and oxygen atoms in total. The molecule has 21 heavy (non-hydrogen) atoms. The van der Waals surface area contributed by atoms with Crippen LogP contribution in [0.3, 0.4) is 0 Å². The molecule has 2 N–H and O–H groups in total. The molecule has 0 saturated heterocycles. The summed E-state index contributed by atoms with van der Waals surface area (Å²) in [5.41, 5.74) is -0.193.